The highest BCUT2D eigenvalue weighted by Crippen LogP contribution is 2.19. The molecule has 0 aliphatic rings. The molecule has 0 spiro atoms. The fourth-order valence-electron chi connectivity index (χ4n) is 2.71. The summed E-state index contributed by atoms with van der Waals surface area (Å²) in [4.78, 5) is 8.88. The van der Waals surface area contributed by atoms with E-state index in [1.54, 1.807) is 0 Å². The summed E-state index contributed by atoms with van der Waals surface area (Å²) in [6, 6.07) is 2.03. The molecule has 3 rings (SSSR count). The van der Waals surface area contributed by atoms with E-state index in [0.29, 0.717) is 12.5 Å². The third-order valence-corrected chi connectivity index (χ3v) is 4.00. The Labute approximate surface area is 136 Å². The molecule has 0 amide bonds. The zero-order valence-corrected chi connectivity index (χ0v) is 14.5. The van der Waals surface area contributed by atoms with E-state index in [-0.39, 0.29) is 0 Å². The third-order valence-electron chi connectivity index (χ3n) is 4.00. The molecule has 0 saturated carbocycles. The standard InChI is InChI=1S/C17H24N6/c1-11(2)9-22-10-18-7-15(22)8-19-16-6-12(3)20-17-13(4)14(5)21-23(16)17/h6-7,10-11,19H,8-9H2,1-5H3. The monoisotopic (exact) mass is 312 g/mol. The van der Waals surface area contributed by atoms with Gasteiger partial charge in [-0.2, -0.15) is 9.61 Å². The van der Waals surface area contributed by atoms with E-state index in [9.17, 15) is 0 Å². The number of anilines is 1. The lowest BCUT2D eigenvalue weighted by atomic mass is 10.2. The van der Waals surface area contributed by atoms with Crippen molar-refractivity contribution in [1.82, 2.24) is 24.1 Å². The van der Waals surface area contributed by atoms with E-state index in [4.69, 9.17) is 0 Å². The number of aryl methyl sites for hydroxylation is 3. The van der Waals surface area contributed by atoms with E-state index in [1.807, 2.05) is 37.0 Å². The molecule has 23 heavy (non-hydrogen) atoms. The van der Waals surface area contributed by atoms with E-state index in [0.717, 1.165) is 35.0 Å². The van der Waals surface area contributed by atoms with Crippen molar-refractivity contribution in [2.45, 2.75) is 47.7 Å². The van der Waals surface area contributed by atoms with Gasteiger partial charge in [0.2, 0.25) is 0 Å². The molecule has 122 valence electrons. The van der Waals surface area contributed by atoms with Gasteiger partial charge < -0.3 is 9.88 Å². The Morgan fingerprint density at radius 3 is 2.74 bits per heavy atom. The minimum Gasteiger partial charge on any atom is -0.364 e. The first-order valence-electron chi connectivity index (χ1n) is 8.02. The Kier molecular flexibility index (Phi) is 4.07. The molecule has 0 bridgehead atoms. The van der Waals surface area contributed by atoms with Crippen LogP contribution in [0.25, 0.3) is 5.65 Å². The van der Waals surface area contributed by atoms with Gasteiger partial charge in [-0.1, -0.05) is 13.8 Å². The number of rotatable bonds is 5. The maximum Gasteiger partial charge on any atom is 0.160 e. The van der Waals surface area contributed by atoms with Crippen LogP contribution in [0.3, 0.4) is 0 Å². The van der Waals surface area contributed by atoms with Crippen molar-refractivity contribution in [2.75, 3.05) is 5.32 Å². The van der Waals surface area contributed by atoms with Crippen LogP contribution in [0.15, 0.2) is 18.6 Å². The first kappa shape index (κ1) is 15.5. The molecule has 0 saturated heterocycles. The number of aromatic nitrogens is 5. The Morgan fingerprint density at radius 2 is 2.00 bits per heavy atom. The van der Waals surface area contributed by atoms with Crippen LogP contribution >= 0.6 is 0 Å². The summed E-state index contributed by atoms with van der Waals surface area (Å²) in [5, 5.41) is 8.08. The van der Waals surface area contributed by atoms with Crippen molar-refractivity contribution < 1.29 is 0 Å². The second-order valence-electron chi connectivity index (χ2n) is 6.51. The van der Waals surface area contributed by atoms with Gasteiger partial charge in [0.15, 0.2) is 5.65 Å². The summed E-state index contributed by atoms with van der Waals surface area (Å²) in [5.74, 6) is 1.55. The highest BCUT2D eigenvalue weighted by atomic mass is 15.3. The molecule has 1 N–H and O–H groups in total. The second-order valence-corrected chi connectivity index (χ2v) is 6.51. The fourth-order valence-corrected chi connectivity index (χ4v) is 2.71. The van der Waals surface area contributed by atoms with E-state index >= 15 is 0 Å². The maximum absolute atomic E-state index is 4.60. The third kappa shape index (κ3) is 3.06. The van der Waals surface area contributed by atoms with Gasteiger partial charge in [-0.15, -0.1) is 0 Å². The van der Waals surface area contributed by atoms with E-state index < -0.39 is 0 Å². The van der Waals surface area contributed by atoms with E-state index in [2.05, 4.69) is 45.7 Å². The second kappa shape index (κ2) is 6.02. The number of imidazole rings is 1. The topological polar surface area (TPSA) is 60.0 Å². The minimum absolute atomic E-state index is 0.592. The molecule has 6 nitrogen and oxygen atoms in total. The Morgan fingerprint density at radius 1 is 1.22 bits per heavy atom. The van der Waals surface area contributed by atoms with Crippen LogP contribution in [-0.2, 0) is 13.1 Å². The lowest BCUT2D eigenvalue weighted by Crippen LogP contribution is -2.12. The molecule has 0 radical (unpaired) electrons. The van der Waals surface area contributed by atoms with Crippen molar-refractivity contribution in [3.05, 3.63) is 41.2 Å². The average molecular weight is 312 g/mol. The van der Waals surface area contributed by atoms with Crippen LogP contribution in [-0.4, -0.2) is 24.1 Å². The Balaban J connectivity index is 1.88. The number of hydrogen-bond donors (Lipinski definition) is 1. The quantitative estimate of drug-likeness (QED) is 0.786. The molecule has 0 aliphatic carbocycles. The first-order valence-corrected chi connectivity index (χ1v) is 8.02. The average Bonchev–Trinajstić information content (AvgIpc) is 3.03. The van der Waals surface area contributed by atoms with Gasteiger partial charge in [-0.25, -0.2) is 9.97 Å². The Hall–Kier alpha value is -2.37. The smallest absolute Gasteiger partial charge is 0.160 e. The number of hydrogen-bond acceptors (Lipinski definition) is 4. The van der Waals surface area contributed by atoms with Crippen LogP contribution in [0.5, 0.6) is 0 Å². The molecule has 6 heteroatoms. The SMILES string of the molecule is Cc1cc(NCc2cncn2CC(C)C)n2nc(C)c(C)c2n1. The molecular weight excluding hydrogens is 288 g/mol. The summed E-state index contributed by atoms with van der Waals surface area (Å²) in [6.45, 7) is 12.2. The molecule has 0 atom stereocenters. The molecule has 3 heterocycles. The van der Waals surface area contributed by atoms with Crippen molar-refractivity contribution >= 4 is 11.5 Å². The van der Waals surface area contributed by atoms with Crippen LogP contribution in [0.2, 0.25) is 0 Å². The number of nitrogens with zero attached hydrogens (tertiary/aromatic N) is 5. The summed E-state index contributed by atoms with van der Waals surface area (Å²) in [7, 11) is 0. The lowest BCUT2D eigenvalue weighted by Gasteiger charge is -2.13. The Bertz CT molecular complexity index is 827. The fraction of sp³-hybridized carbons (Fsp3) is 0.471. The largest absolute Gasteiger partial charge is 0.364 e. The maximum atomic E-state index is 4.60. The van der Waals surface area contributed by atoms with Crippen molar-refractivity contribution in [1.29, 1.82) is 0 Å². The normalized spacial score (nSPS) is 11.6. The predicted molar refractivity (Wildman–Crippen MR) is 91.6 cm³/mol. The first-order chi connectivity index (χ1) is 11.0. The van der Waals surface area contributed by atoms with E-state index in [1.165, 1.54) is 5.69 Å². The van der Waals surface area contributed by atoms with Gasteiger partial charge in [0, 0.05) is 30.1 Å². The highest BCUT2D eigenvalue weighted by Gasteiger charge is 2.11. The summed E-state index contributed by atoms with van der Waals surface area (Å²) in [6.07, 6.45) is 3.81. The van der Waals surface area contributed by atoms with Crippen molar-refractivity contribution in [2.24, 2.45) is 5.92 Å². The molecule has 0 fully saturated rings. The molecular formula is C17H24N6. The van der Waals surface area contributed by atoms with Crippen LogP contribution in [0.4, 0.5) is 5.82 Å². The molecule has 3 aromatic heterocycles. The van der Waals surface area contributed by atoms with Gasteiger partial charge in [0.1, 0.15) is 5.82 Å². The van der Waals surface area contributed by atoms with Gasteiger partial charge in [-0.05, 0) is 26.7 Å². The summed E-state index contributed by atoms with van der Waals surface area (Å²) in [5.41, 5.74) is 5.21. The molecule has 0 unspecified atom stereocenters. The summed E-state index contributed by atoms with van der Waals surface area (Å²) < 4.78 is 4.09. The predicted octanol–water partition coefficient (Wildman–Crippen LogP) is 3.12. The summed E-state index contributed by atoms with van der Waals surface area (Å²) >= 11 is 0. The molecule has 0 aromatic carbocycles. The van der Waals surface area contributed by atoms with Crippen molar-refractivity contribution in [3.63, 3.8) is 0 Å². The minimum atomic E-state index is 0.592. The molecule has 3 aromatic rings. The zero-order valence-electron chi connectivity index (χ0n) is 14.5. The number of nitrogens with one attached hydrogen (secondary N) is 1. The van der Waals surface area contributed by atoms with Gasteiger partial charge in [-0.3, -0.25) is 0 Å². The van der Waals surface area contributed by atoms with Crippen LogP contribution in [0.1, 0.15) is 36.5 Å². The van der Waals surface area contributed by atoms with Crippen molar-refractivity contribution in [3.8, 4) is 0 Å². The lowest BCUT2D eigenvalue weighted by molar-refractivity contribution is 0.511. The highest BCUT2D eigenvalue weighted by molar-refractivity contribution is 5.55. The van der Waals surface area contributed by atoms with Gasteiger partial charge in [0.25, 0.3) is 0 Å². The number of fused-ring (bicyclic) bond motifs is 1. The van der Waals surface area contributed by atoms with Gasteiger partial charge in [0.05, 0.1) is 24.3 Å². The van der Waals surface area contributed by atoms with Gasteiger partial charge >= 0.3 is 0 Å². The van der Waals surface area contributed by atoms with Crippen LogP contribution in [0, 0.1) is 26.7 Å². The molecule has 0 aliphatic heterocycles. The zero-order chi connectivity index (χ0) is 16.6. The van der Waals surface area contributed by atoms with Crippen LogP contribution < -0.4 is 5.32 Å².